The maximum absolute atomic E-state index is 14.2. The molecular formula is C19H21FN2O3S. The number of para-hydroxylation sites is 1. The van der Waals surface area contributed by atoms with Crippen LogP contribution in [-0.4, -0.2) is 38.1 Å². The minimum atomic E-state index is -3.84. The highest BCUT2D eigenvalue weighted by atomic mass is 32.2. The number of fused-ring (bicyclic) bond motifs is 1. The Morgan fingerprint density at radius 3 is 2.38 bits per heavy atom. The highest BCUT2D eigenvalue weighted by Crippen LogP contribution is 2.26. The lowest BCUT2D eigenvalue weighted by Crippen LogP contribution is -2.50. The lowest BCUT2D eigenvalue weighted by Gasteiger charge is -2.35. The molecule has 0 N–H and O–H groups in total. The van der Waals surface area contributed by atoms with Crippen LogP contribution in [-0.2, 0) is 27.8 Å². The van der Waals surface area contributed by atoms with Gasteiger partial charge in [-0.05, 0) is 36.6 Å². The van der Waals surface area contributed by atoms with Crippen molar-refractivity contribution in [3.63, 3.8) is 0 Å². The molecule has 0 aliphatic carbocycles. The Morgan fingerprint density at radius 2 is 1.73 bits per heavy atom. The molecule has 2 aromatic rings. The highest BCUT2D eigenvalue weighted by molar-refractivity contribution is 7.92. The number of benzene rings is 2. The lowest BCUT2D eigenvalue weighted by atomic mass is 9.99. The maximum atomic E-state index is 14.2. The van der Waals surface area contributed by atoms with Crippen molar-refractivity contribution in [1.82, 2.24) is 4.90 Å². The van der Waals surface area contributed by atoms with E-state index in [1.807, 2.05) is 24.3 Å². The Labute approximate surface area is 153 Å². The second kappa shape index (κ2) is 7.07. The minimum absolute atomic E-state index is 0.117. The smallest absolute Gasteiger partial charge is 0.246 e. The van der Waals surface area contributed by atoms with Gasteiger partial charge in [0, 0.05) is 13.1 Å². The number of hydrogen-bond donors (Lipinski definition) is 0. The Morgan fingerprint density at radius 1 is 1.12 bits per heavy atom. The van der Waals surface area contributed by atoms with Crippen LogP contribution < -0.4 is 4.31 Å². The van der Waals surface area contributed by atoms with Gasteiger partial charge < -0.3 is 4.90 Å². The number of carbonyl (C=O) groups is 1. The number of hydrogen-bond acceptors (Lipinski definition) is 3. The van der Waals surface area contributed by atoms with Crippen LogP contribution in [0, 0.1) is 5.82 Å². The molecule has 1 aliphatic rings. The zero-order valence-corrected chi connectivity index (χ0v) is 15.5. The quantitative estimate of drug-likeness (QED) is 0.824. The summed E-state index contributed by atoms with van der Waals surface area (Å²) in [5.41, 5.74) is 2.13. The van der Waals surface area contributed by atoms with E-state index in [9.17, 15) is 17.6 Å². The third kappa shape index (κ3) is 3.58. The average molecular weight is 376 g/mol. The zero-order chi connectivity index (χ0) is 18.9. The number of amides is 1. The predicted molar refractivity (Wildman–Crippen MR) is 98.7 cm³/mol. The van der Waals surface area contributed by atoms with Crippen LogP contribution in [0.15, 0.2) is 48.5 Å². The molecule has 0 aromatic heterocycles. The van der Waals surface area contributed by atoms with Crippen molar-refractivity contribution in [2.24, 2.45) is 0 Å². The van der Waals surface area contributed by atoms with Crippen LogP contribution in [0.25, 0.3) is 0 Å². The number of carbonyl (C=O) groups excluding carboxylic acids is 1. The first-order valence-electron chi connectivity index (χ1n) is 8.38. The van der Waals surface area contributed by atoms with Crippen LogP contribution >= 0.6 is 0 Å². The molecular weight excluding hydrogens is 355 g/mol. The molecule has 7 heteroatoms. The SMILES string of the molecule is CC(C(=O)N1CCc2ccccc2C1)N(c1ccccc1F)S(C)(=O)=O. The fourth-order valence-corrected chi connectivity index (χ4v) is 4.52. The fraction of sp³-hybridized carbons (Fsp3) is 0.316. The van der Waals surface area contributed by atoms with Gasteiger partial charge in [0.1, 0.15) is 11.9 Å². The summed E-state index contributed by atoms with van der Waals surface area (Å²) in [6, 6.07) is 12.4. The molecule has 1 unspecified atom stereocenters. The van der Waals surface area contributed by atoms with Crippen molar-refractivity contribution in [1.29, 1.82) is 0 Å². The van der Waals surface area contributed by atoms with E-state index in [4.69, 9.17) is 0 Å². The molecule has 0 spiro atoms. The Balaban J connectivity index is 1.89. The molecule has 2 aromatic carbocycles. The number of rotatable bonds is 4. The van der Waals surface area contributed by atoms with Gasteiger partial charge in [-0.25, -0.2) is 12.8 Å². The summed E-state index contributed by atoms with van der Waals surface area (Å²) in [7, 11) is -3.84. The molecule has 1 atom stereocenters. The molecule has 1 aliphatic heterocycles. The van der Waals surface area contributed by atoms with E-state index in [1.54, 1.807) is 11.0 Å². The molecule has 1 heterocycles. The first kappa shape index (κ1) is 18.4. The van der Waals surface area contributed by atoms with Gasteiger partial charge in [0.15, 0.2) is 0 Å². The molecule has 0 saturated carbocycles. The monoisotopic (exact) mass is 376 g/mol. The Hall–Kier alpha value is -2.41. The van der Waals surface area contributed by atoms with Crippen LogP contribution in [0.5, 0.6) is 0 Å². The van der Waals surface area contributed by atoms with Crippen LogP contribution in [0.4, 0.5) is 10.1 Å². The summed E-state index contributed by atoms with van der Waals surface area (Å²) in [6.45, 7) is 2.43. The molecule has 0 bridgehead atoms. The maximum Gasteiger partial charge on any atom is 0.246 e. The van der Waals surface area contributed by atoms with Crippen molar-refractivity contribution in [3.8, 4) is 0 Å². The second-order valence-corrected chi connectivity index (χ2v) is 8.32. The van der Waals surface area contributed by atoms with Gasteiger partial charge >= 0.3 is 0 Å². The van der Waals surface area contributed by atoms with Crippen molar-refractivity contribution in [2.75, 3.05) is 17.1 Å². The van der Waals surface area contributed by atoms with Crippen LogP contribution in [0.3, 0.4) is 0 Å². The van der Waals surface area contributed by atoms with Crippen LogP contribution in [0.2, 0.25) is 0 Å². The molecule has 5 nitrogen and oxygen atoms in total. The summed E-state index contributed by atoms with van der Waals surface area (Å²) in [6.07, 6.45) is 1.70. The van der Waals surface area contributed by atoms with Crippen LogP contribution in [0.1, 0.15) is 18.1 Å². The number of halogens is 1. The van der Waals surface area contributed by atoms with Gasteiger partial charge in [-0.1, -0.05) is 36.4 Å². The van der Waals surface area contributed by atoms with Crippen molar-refractivity contribution < 1.29 is 17.6 Å². The Bertz CT molecular complexity index is 930. The van der Waals surface area contributed by atoms with Gasteiger partial charge in [-0.2, -0.15) is 0 Å². The van der Waals surface area contributed by atoms with Crippen molar-refractivity contribution in [3.05, 3.63) is 65.5 Å². The van der Waals surface area contributed by atoms with Crippen molar-refractivity contribution in [2.45, 2.75) is 25.9 Å². The third-order valence-electron chi connectivity index (χ3n) is 4.60. The molecule has 3 rings (SSSR count). The van der Waals surface area contributed by atoms with Gasteiger partial charge in [-0.3, -0.25) is 9.10 Å². The van der Waals surface area contributed by atoms with E-state index in [0.29, 0.717) is 19.5 Å². The van der Waals surface area contributed by atoms with E-state index < -0.39 is 21.9 Å². The summed E-state index contributed by atoms with van der Waals surface area (Å²) in [4.78, 5) is 14.6. The van der Waals surface area contributed by atoms with Gasteiger partial charge in [0.05, 0.1) is 11.9 Å². The number of sulfonamides is 1. The molecule has 0 saturated heterocycles. The standard InChI is InChI=1S/C19H21FN2O3S/c1-14(22(26(2,24)25)18-10-6-5-9-17(18)20)19(23)21-12-11-15-7-3-4-8-16(15)13-21/h3-10,14H,11-13H2,1-2H3. The molecule has 26 heavy (non-hydrogen) atoms. The molecule has 1 amide bonds. The second-order valence-electron chi connectivity index (χ2n) is 6.46. The summed E-state index contributed by atoms with van der Waals surface area (Å²) < 4.78 is 39.7. The minimum Gasteiger partial charge on any atom is -0.336 e. The Kier molecular flexibility index (Phi) is 5.00. The first-order valence-corrected chi connectivity index (χ1v) is 10.2. The number of nitrogens with zero attached hydrogens (tertiary/aromatic N) is 2. The van der Waals surface area contributed by atoms with Gasteiger partial charge in [0.25, 0.3) is 0 Å². The largest absolute Gasteiger partial charge is 0.336 e. The van der Waals surface area contributed by atoms with Gasteiger partial charge in [0.2, 0.25) is 15.9 Å². The van der Waals surface area contributed by atoms with Crippen molar-refractivity contribution >= 4 is 21.6 Å². The summed E-state index contributed by atoms with van der Waals surface area (Å²) in [5.74, 6) is -1.02. The van der Waals surface area contributed by atoms with E-state index in [2.05, 4.69) is 0 Å². The van der Waals surface area contributed by atoms with E-state index in [-0.39, 0.29) is 11.6 Å². The predicted octanol–water partition coefficient (Wildman–Crippen LogP) is 2.57. The third-order valence-corrected chi connectivity index (χ3v) is 5.83. The molecule has 0 fully saturated rings. The zero-order valence-electron chi connectivity index (χ0n) is 14.7. The number of anilines is 1. The lowest BCUT2D eigenvalue weighted by molar-refractivity contribution is -0.132. The van der Waals surface area contributed by atoms with Gasteiger partial charge in [-0.15, -0.1) is 0 Å². The topological polar surface area (TPSA) is 57.7 Å². The van der Waals surface area contributed by atoms with E-state index >= 15 is 0 Å². The average Bonchev–Trinajstić information content (AvgIpc) is 2.61. The molecule has 138 valence electrons. The van der Waals surface area contributed by atoms with E-state index in [1.165, 1.54) is 30.7 Å². The normalized spacial score (nSPS) is 15.3. The summed E-state index contributed by atoms with van der Waals surface area (Å²) in [5, 5.41) is 0. The fourth-order valence-electron chi connectivity index (χ4n) is 3.35. The highest BCUT2D eigenvalue weighted by Gasteiger charge is 2.34. The first-order chi connectivity index (χ1) is 12.3. The molecule has 0 radical (unpaired) electrons. The van der Waals surface area contributed by atoms with E-state index in [0.717, 1.165) is 16.1 Å². The summed E-state index contributed by atoms with van der Waals surface area (Å²) >= 11 is 0.